The first kappa shape index (κ1) is 11.2. The number of carboxylic acid groups (broad SMARTS) is 1. The van der Waals surface area contributed by atoms with E-state index in [1.54, 1.807) is 0 Å². The minimum atomic E-state index is -1.06. The van der Waals surface area contributed by atoms with Crippen LogP contribution in [0.4, 0.5) is 0 Å². The molecule has 68 valence electrons. The number of aliphatic carboxylic acids is 1. The van der Waals surface area contributed by atoms with Gasteiger partial charge in [-0.05, 0) is 4.48 Å². The molecule has 0 radical (unpaired) electrons. The highest BCUT2D eigenvalue weighted by Crippen LogP contribution is 2.09. The molecule has 1 unspecified atom stereocenters. The van der Waals surface area contributed by atoms with Crippen molar-refractivity contribution < 1.29 is 14.7 Å². The normalized spacial score (nSPS) is 11.8. The summed E-state index contributed by atoms with van der Waals surface area (Å²) < 4.78 is 0.545. The van der Waals surface area contributed by atoms with E-state index >= 15 is 0 Å². The lowest BCUT2D eigenvalue weighted by molar-refractivity contribution is -0.141. The van der Waals surface area contributed by atoms with Gasteiger partial charge in [0.05, 0.1) is 0 Å². The SMILES string of the molecule is C=C(Br)CC(NC(C)=O)C(=O)O. The second-order valence-corrected chi connectivity index (χ2v) is 3.43. The Balaban J connectivity index is 4.14. The Hall–Kier alpha value is -0.840. The summed E-state index contributed by atoms with van der Waals surface area (Å²) in [5.41, 5.74) is 0. The van der Waals surface area contributed by atoms with Gasteiger partial charge in [-0.15, -0.1) is 0 Å². The summed E-state index contributed by atoms with van der Waals surface area (Å²) in [7, 11) is 0. The van der Waals surface area contributed by atoms with Crippen molar-refractivity contribution in [2.45, 2.75) is 19.4 Å². The van der Waals surface area contributed by atoms with E-state index in [0.717, 1.165) is 0 Å². The number of carbonyl (C=O) groups is 2. The highest BCUT2D eigenvalue weighted by atomic mass is 79.9. The van der Waals surface area contributed by atoms with Crippen molar-refractivity contribution in [3.05, 3.63) is 11.1 Å². The minimum Gasteiger partial charge on any atom is -0.480 e. The summed E-state index contributed by atoms with van der Waals surface area (Å²) in [5.74, 6) is -1.43. The Bertz CT molecular complexity index is 199. The number of amides is 1. The summed E-state index contributed by atoms with van der Waals surface area (Å²) >= 11 is 3.02. The van der Waals surface area contributed by atoms with Crippen molar-refractivity contribution in [2.24, 2.45) is 0 Å². The Morgan fingerprint density at radius 1 is 1.67 bits per heavy atom. The highest BCUT2D eigenvalue weighted by molar-refractivity contribution is 9.11. The molecule has 12 heavy (non-hydrogen) atoms. The highest BCUT2D eigenvalue weighted by Gasteiger charge is 2.18. The van der Waals surface area contributed by atoms with Gasteiger partial charge in [0.25, 0.3) is 0 Å². The Labute approximate surface area is 78.8 Å². The molecule has 0 spiro atoms. The first-order valence-electron chi connectivity index (χ1n) is 3.26. The van der Waals surface area contributed by atoms with Gasteiger partial charge >= 0.3 is 5.97 Å². The molecule has 0 aliphatic heterocycles. The van der Waals surface area contributed by atoms with Crippen LogP contribution in [0.15, 0.2) is 11.1 Å². The van der Waals surface area contributed by atoms with Crippen molar-refractivity contribution in [1.29, 1.82) is 0 Å². The van der Waals surface area contributed by atoms with Crippen LogP contribution in [0.5, 0.6) is 0 Å². The smallest absolute Gasteiger partial charge is 0.326 e. The monoisotopic (exact) mass is 235 g/mol. The second-order valence-electron chi connectivity index (χ2n) is 2.31. The van der Waals surface area contributed by atoms with E-state index in [9.17, 15) is 9.59 Å². The van der Waals surface area contributed by atoms with Gasteiger partial charge in [-0.2, -0.15) is 0 Å². The molecule has 4 nitrogen and oxygen atoms in total. The third kappa shape index (κ3) is 4.90. The number of carbonyl (C=O) groups excluding carboxylic acids is 1. The quantitative estimate of drug-likeness (QED) is 0.761. The second kappa shape index (κ2) is 4.92. The topological polar surface area (TPSA) is 66.4 Å². The maximum Gasteiger partial charge on any atom is 0.326 e. The van der Waals surface area contributed by atoms with E-state index in [1.807, 2.05) is 0 Å². The molecule has 0 aromatic rings. The van der Waals surface area contributed by atoms with Gasteiger partial charge in [-0.1, -0.05) is 22.5 Å². The first-order chi connectivity index (χ1) is 5.43. The predicted octanol–water partition coefficient (Wildman–Crippen LogP) is 0.874. The molecule has 0 saturated carbocycles. The molecule has 0 aromatic carbocycles. The molecular formula is C7H10BrNO3. The Morgan fingerprint density at radius 3 is 2.42 bits per heavy atom. The van der Waals surface area contributed by atoms with E-state index in [-0.39, 0.29) is 12.3 Å². The molecule has 5 heteroatoms. The first-order valence-corrected chi connectivity index (χ1v) is 4.06. The van der Waals surface area contributed by atoms with Crippen LogP contribution < -0.4 is 5.32 Å². The zero-order chi connectivity index (χ0) is 9.72. The van der Waals surface area contributed by atoms with Crippen LogP contribution >= 0.6 is 15.9 Å². The summed E-state index contributed by atoms with van der Waals surface area (Å²) in [6, 6.07) is -0.894. The maximum atomic E-state index is 10.5. The van der Waals surface area contributed by atoms with E-state index in [0.29, 0.717) is 4.48 Å². The van der Waals surface area contributed by atoms with Crippen LogP contribution in [0.3, 0.4) is 0 Å². The summed E-state index contributed by atoms with van der Waals surface area (Å²) in [6.07, 6.45) is 0.189. The van der Waals surface area contributed by atoms with Gasteiger partial charge < -0.3 is 10.4 Å². The number of nitrogens with one attached hydrogen (secondary N) is 1. The molecule has 2 N–H and O–H groups in total. The predicted molar refractivity (Wildman–Crippen MR) is 47.9 cm³/mol. The van der Waals surface area contributed by atoms with Crippen molar-refractivity contribution >= 4 is 27.8 Å². The van der Waals surface area contributed by atoms with Crippen LogP contribution in [-0.2, 0) is 9.59 Å². The molecule has 1 atom stereocenters. The third-order valence-electron chi connectivity index (χ3n) is 1.10. The lowest BCUT2D eigenvalue weighted by Crippen LogP contribution is -2.39. The average Bonchev–Trinajstić information content (AvgIpc) is 1.83. The van der Waals surface area contributed by atoms with Crippen LogP contribution in [0, 0.1) is 0 Å². The molecule has 0 saturated heterocycles. The summed E-state index contributed by atoms with van der Waals surface area (Å²) in [6.45, 7) is 4.76. The van der Waals surface area contributed by atoms with Crippen molar-refractivity contribution in [3.63, 3.8) is 0 Å². The van der Waals surface area contributed by atoms with Crippen molar-refractivity contribution in [3.8, 4) is 0 Å². The fourth-order valence-corrected chi connectivity index (χ4v) is 0.991. The minimum absolute atomic E-state index is 0.189. The van der Waals surface area contributed by atoms with Crippen LogP contribution in [0.1, 0.15) is 13.3 Å². The molecule has 0 aliphatic carbocycles. The van der Waals surface area contributed by atoms with E-state index in [2.05, 4.69) is 27.8 Å². The van der Waals surface area contributed by atoms with Gasteiger partial charge in [0.2, 0.25) is 5.91 Å². The average molecular weight is 236 g/mol. The lowest BCUT2D eigenvalue weighted by atomic mass is 10.2. The number of hydrogen-bond donors (Lipinski definition) is 2. The fourth-order valence-electron chi connectivity index (χ4n) is 0.667. The number of rotatable bonds is 4. The lowest BCUT2D eigenvalue weighted by Gasteiger charge is -2.11. The van der Waals surface area contributed by atoms with Gasteiger partial charge in [0.1, 0.15) is 6.04 Å². The van der Waals surface area contributed by atoms with Gasteiger partial charge in [-0.3, -0.25) is 4.79 Å². The van der Waals surface area contributed by atoms with Crippen LogP contribution in [-0.4, -0.2) is 23.0 Å². The number of halogens is 1. The van der Waals surface area contributed by atoms with Crippen LogP contribution in [0.2, 0.25) is 0 Å². The van der Waals surface area contributed by atoms with E-state index in [4.69, 9.17) is 5.11 Å². The molecule has 0 aliphatic rings. The number of hydrogen-bond acceptors (Lipinski definition) is 2. The molecule has 0 rings (SSSR count). The van der Waals surface area contributed by atoms with Crippen molar-refractivity contribution in [1.82, 2.24) is 5.32 Å². The molecular weight excluding hydrogens is 226 g/mol. The molecule has 1 amide bonds. The molecule has 0 aromatic heterocycles. The van der Waals surface area contributed by atoms with Gasteiger partial charge in [0, 0.05) is 13.3 Å². The van der Waals surface area contributed by atoms with E-state index in [1.165, 1.54) is 6.92 Å². The Kier molecular flexibility index (Phi) is 4.58. The van der Waals surface area contributed by atoms with Crippen molar-refractivity contribution in [2.75, 3.05) is 0 Å². The zero-order valence-corrected chi connectivity index (χ0v) is 8.22. The summed E-state index contributed by atoms with van der Waals surface area (Å²) in [5, 5.41) is 10.9. The van der Waals surface area contributed by atoms with Gasteiger partial charge in [0.15, 0.2) is 0 Å². The largest absolute Gasteiger partial charge is 0.480 e. The fraction of sp³-hybridized carbons (Fsp3) is 0.429. The molecule has 0 bridgehead atoms. The summed E-state index contributed by atoms with van der Waals surface area (Å²) in [4.78, 5) is 21.0. The molecule has 0 fully saturated rings. The zero-order valence-electron chi connectivity index (χ0n) is 6.63. The van der Waals surface area contributed by atoms with Crippen LogP contribution in [0.25, 0.3) is 0 Å². The van der Waals surface area contributed by atoms with E-state index < -0.39 is 12.0 Å². The Morgan fingerprint density at radius 2 is 2.17 bits per heavy atom. The third-order valence-corrected chi connectivity index (χ3v) is 1.42. The number of carboxylic acids is 1. The maximum absolute atomic E-state index is 10.5. The van der Waals surface area contributed by atoms with Gasteiger partial charge in [-0.25, -0.2) is 4.79 Å². The molecule has 0 heterocycles. The standard InChI is InChI=1S/C7H10BrNO3/c1-4(8)3-6(7(11)12)9-5(2)10/h6H,1,3H2,2H3,(H,9,10)(H,11,12).